The third-order valence-corrected chi connectivity index (χ3v) is 6.88. The number of aliphatic hydroxyl groups excluding tert-OH is 1. The van der Waals surface area contributed by atoms with E-state index in [1.165, 1.54) is 0 Å². The molecule has 8 heteroatoms. The number of ether oxygens (including phenoxy) is 1. The molecular formula is C26H24N4O4. The zero-order valence-corrected chi connectivity index (χ0v) is 18.6. The van der Waals surface area contributed by atoms with Crippen molar-refractivity contribution in [1.82, 2.24) is 14.5 Å². The van der Waals surface area contributed by atoms with Gasteiger partial charge in [0.2, 0.25) is 0 Å². The van der Waals surface area contributed by atoms with Crippen molar-refractivity contribution in [2.75, 3.05) is 6.61 Å². The Morgan fingerprint density at radius 2 is 1.56 bits per heavy atom. The number of nitrogens with zero attached hydrogens (tertiary/aromatic N) is 2. The number of benzene rings is 2. The second-order valence-corrected chi connectivity index (χ2v) is 8.88. The summed E-state index contributed by atoms with van der Waals surface area (Å²) >= 11 is 0. The molecule has 2 amide bonds. The molecular weight excluding hydrogens is 432 g/mol. The van der Waals surface area contributed by atoms with Crippen molar-refractivity contribution in [3.8, 4) is 0 Å². The van der Waals surface area contributed by atoms with E-state index < -0.39 is 17.9 Å². The van der Waals surface area contributed by atoms with Crippen LogP contribution in [-0.2, 0) is 21.4 Å². The molecule has 3 atom stereocenters. The molecule has 4 aromatic rings. The van der Waals surface area contributed by atoms with Gasteiger partial charge in [-0.15, -0.1) is 0 Å². The Bertz CT molecular complexity index is 1510. The number of rotatable bonds is 4. The summed E-state index contributed by atoms with van der Waals surface area (Å²) in [4.78, 5) is 26.2. The summed E-state index contributed by atoms with van der Waals surface area (Å²) in [5, 5.41) is 13.8. The summed E-state index contributed by atoms with van der Waals surface area (Å²) in [7, 11) is 1.92. The van der Waals surface area contributed by atoms with E-state index in [9.17, 15) is 14.7 Å². The van der Waals surface area contributed by atoms with Crippen LogP contribution in [0.15, 0.2) is 60.9 Å². The van der Waals surface area contributed by atoms with Crippen molar-refractivity contribution in [2.45, 2.75) is 24.8 Å². The normalized spacial score (nSPS) is 23.0. The zero-order chi connectivity index (χ0) is 23.6. The van der Waals surface area contributed by atoms with Gasteiger partial charge in [0.15, 0.2) is 0 Å². The van der Waals surface area contributed by atoms with Crippen LogP contribution in [0.5, 0.6) is 0 Å². The van der Waals surface area contributed by atoms with E-state index >= 15 is 0 Å². The standard InChI is InChI=1S/C26H24N4O4/c1-29-11-16(14-6-2-4-8-19(14)29)23-24(26(33)28-25(23)32)17-12-30(20-9-5-3-7-15(17)20)22-10-18(27)21(13-31)34-22/h2-9,11-12,18,21-22,31H,10,13,27H2,1H3,(H,28,32,33)/t18-,21+,22+/m0/s1. The third kappa shape index (κ3) is 2.96. The van der Waals surface area contributed by atoms with Crippen LogP contribution in [0, 0.1) is 0 Å². The number of nitrogens with one attached hydrogen (secondary N) is 1. The maximum Gasteiger partial charge on any atom is 0.259 e. The fourth-order valence-electron chi connectivity index (χ4n) is 5.25. The number of hydrogen-bond acceptors (Lipinski definition) is 5. The van der Waals surface area contributed by atoms with Crippen molar-refractivity contribution in [3.63, 3.8) is 0 Å². The van der Waals surface area contributed by atoms with Crippen LogP contribution in [0.1, 0.15) is 23.8 Å². The summed E-state index contributed by atoms with van der Waals surface area (Å²) in [6.45, 7) is -0.156. The fourth-order valence-corrected chi connectivity index (χ4v) is 5.25. The molecule has 6 rings (SSSR count). The summed E-state index contributed by atoms with van der Waals surface area (Å²) in [6, 6.07) is 15.2. The van der Waals surface area contributed by atoms with Crippen LogP contribution in [-0.4, -0.2) is 44.8 Å². The van der Waals surface area contributed by atoms with Crippen molar-refractivity contribution in [2.24, 2.45) is 12.8 Å². The van der Waals surface area contributed by atoms with Crippen LogP contribution in [0.2, 0.25) is 0 Å². The predicted molar refractivity (Wildman–Crippen MR) is 128 cm³/mol. The van der Waals surface area contributed by atoms with Gasteiger partial charge in [0.1, 0.15) is 6.23 Å². The lowest BCUT2D eigenvalue weighted by molar-refractivity contribution is -0.122. The molecule has 2 aliphatic heterocycles. The SMILES string of the molecule is Cn1cc(C2=C(c3cn([C@H]4C[C@H](N)[C@@H](CO)O4)c4ccccc34)C(=O)NC2=O)c2ccccc21. The molecule has 1 fully saturated rings. The van der Waals surface area contributed by atoms with Crippen LogP contribution < -0.4 is 11.1 Å². The zero-order valence-electron chi connectivity index (χ0n) is 18.6. The summed E-state index contributed by atoms with van der Waals surface area (Å²) in [5.74, 6) is -0.833. The molecule has 0 bridgehead atoms. The van der Waals surface area contributed by atoms with E-state index in [2.05, 4.69) is 5.32 Å². The third-order valence-electron chi connectivity index (χ3n) is 6.88. The highest BCUT2D eigenvalue weighted by Gasteiger charge is 2.37. The van der Waals surface area contributed by atoms with Crippen LogP contribution in [0.3, 0.4) is 0 Å². The second kappa shape index (κ2) is 7.66. The highest BCUT2D eigenvalue weighted by Crippen LogP contribution is 2.40. The lowest BCUT2D eigenvalue weighted by Gasteiger charge is -2.15. The number of amides is 2. The molecule has 172 valence electrons. The average molecular weight is 457 g/mol. The summed E-state index contributed by atoms with van der Waals surface area (Å²) in [6.07, 6.45) is 3.45. The minimum atomic E-state index is -0.448. The van der Waals surface area contributed by atoms with E-state index in [1.54, 1.807) is 0 Å². The molecule has 0 unspecified atom stereocenters. The number of fused-ring (bicyclic) bond motifs is 2. The van der Waals surface area contributed by atoms with E-state index in [4.69, 9.17) is 10.5 Å². The number of hydrogen-bond donors (Lipinski definition) is 3. The van der Waals surface area contributed by atoms with Gasteiger partial charge in [0.05, 0.1) is 29.4 Å². The Morgan fingerprint density at radius 3 is 2.21 bits per heavy atom. The molecule has 0 aliphatic carbocycles. The minimum Gasteiger partial charge on any atom is -0.394 e. The molecule has 2 aromatic heterocycles. The van der Waals surface area contributed by atoms with Gasteiger partial charge in [-0.3, -0.25) is 14.9 Å². The van der Waals surface area contributed by atoms with Gasteiger partial charge in [-0.05, 0) is 12.1 Å². The number of carbonyl (C=O) groups excluding carboxylic acids is 2. The average Bonchev–Trinajstić information content (AvgIpc) is 3.56. The minimum absolute atomic E-state index is 0.156. The Morgan fingerprint density at radius 1 is 0.971 bits per heavy atom. The van der Waals surface area contributed by atoms with Crippen LogP contribution in [0.4, 0.5) is 0 Å². The maximum atomic E-state index is 13.1. The van der Waals surface area contributed by atoms with Gasteiger partial charge >= 0.3 is 0 Å². The Kier molecular flexibility index (Phi) is 4.70. The fraction of sp³-hybridized carbons (Fsp3) is 0.231. The quantitative estimate of drug-likeness (QED) is 0.408. The Labute approximate surface area is 195 Å². The van der Waals surface area contributed by atoms with Crippen LogP contribution >= 0.6 is 0 Å². The number of imide groups is 1. The van der Waals surface area contributed by atoms with E-state index in [0.717, 1.165) is 21.8 Å². The number of nitrogens with two attached hydrogens (primary N) is 1. The lowest BCUT2D eigenvalue weighted by Crippen LogP contribution is -2.32. The van der Waals surface area contributed by atoms with E-state index in [0.29, 0.717) is 28.7 Å². The molecule has 0 saturated carbocycles. The molecule has 4 heterocycles. The van der Waals surface area contributed by atoms with E-state index in [1.807, 2.05) is 77.1 Å². The first-order valence-electron chi connectivity index (χ1n) is 11.2. The highest BCUT2D eigenvalue weighted by molar-refractivity contribution is 6.50. The number of aliphatic hydroxyl groups is 1. The van der Waals surface area contributed by atoms with Crippen LogP contribution in [0.25, 0.3) is 33.0 Å². The highest BCUT2D eigenvalue weighted by atomic mass is 16.5. The molecule has 4 N–H and O–H groups in total. The largest absolute Gasteiger partial charge is 0.394 e. The number of carbonyl (C=O) groups is 2. The number of aryl methyl sites for hydroxylation is 1. The van der Waals surface area contributed by atoms with Crippen molar-refractivity contribution >= 4 is 44.8 Å². The summed E-state index contributed by atoms with van der Waals surface area (Å²) in [5.41, 5.74) is 10.1. The van der Waals surface area contributed by atoms with E-state index in [-0.39, 0.29) is 18.9 Å². The first-order valence-corrected chi connectivity index (χ1v) is 11.2. The van der Waals surface area contributed by atoms with Gasteiger partial charge < -0.3 is 24.7 Å². The molecule has 1 saturated heterocycles. The Hall–Kier alpha value is -3.72. The summed E-state index contributed by atoms with van der Waals surface area (Å²) < 4.78 is 9.92. The van der Waals surface area contributed by atoms with Gasteiger partial charge in [-0.25, -0.2) is 0 Å². The molecule has 2 aromatic carbocycles. The predicted octanol–water partition coefficient (Wildman–Crippen LogP) is 2.31. The Balaban J connectivity index is 1.59. The molecule has 8 nitrogen and oxygen atoms in total. The molecule has 2 aliphatic rings. The van der Waals surface area contributed by atoms with Gasteiger partial charge in [0.25, 0.3) is 11.8 Å². The monoisotopic (exact) mass is 456 g/mol. The van der Waals surface area contributed by atoms with Crippen molar-refractivity contribution < 1.29 is 19.4 Å². The number of para-hydroxylation sites is 2. The topological polar surface area (TPSA) is 112 Å². The molecule has 0 spiro atoms. The first kappa shape index (κ1) is 20.9. The molecule has 0 radical (unpaired) electrons. The maximum absolute atomic E-state index is 13.1. The van der Waals surface area contributed by atoms with Gasteiger partial charge in [0, 0.05) is 59.3 Å². The van der Waals surface area contributed by atoms with Gasteiger partial charge in [-0.2, -0.15) is 0 Å². The second-order valence-electron chi connectivity index (χ2n) is 8.88. The number of aromatic nitrogens is 2. The molecule has 34 heavy (non-hydrogen) atoms. The lowest BCUT2D eigenvalue weighted by atomic mass is 9.95. The smallest absolute Gasteiger partial charge is 0.259 e. The van der Waals surface area contributed by atoms with Gasteiger partial charge in [-0.1, -0.05) is 36.4 Å². The van der Waals surface area contributed by atoms with Crippen molar-refractivity contribution in [3.05, 3.63) is 72.1 Å². The first-order chi connectivity index (χ1) is 16.5. The van der Waals surface area contributed by atoms with Crippen molar-refractivity contribution in [1.29, 1.82) is 0 Å².